The minimum absolute atomic E-state index is 0.331. The smallest absolute Gasteiger partial charge is 0.326 e. The summed E-state index contributed by atoms with van der Waals surface area (Å²) in [5.74, 6) is -1.01. The molecule has 6 heteroatoms. The summed E-state index contributed by atoms with van der Waals surface area (Å²) in [6.45, 7) is 7.61. The molecule has 2 amide bonds. The molecule has 1 fully saturated rings. The molecule has 1 rings (SSSR count). The van der Waals surface area contributed by atoms with Crippen LogP contribution in [-0.2, 0) is 9.53 Å². The summed E-state index contributed by atoms with van der Waals surface area (Å²) in [6.07, 6.45) is 0.778. The van der Waals surface area contributed by atoms with Crippen LogP contribution in [0.1, 0.15) is 27.2 Å². The van der Waals surface area contributed by atoms with Gasteiger partial charge in [0.1, 0.15) is 6.04 Å². The van der Waals surface area contributed by atoms with Gasteiger partial charge in [-0.25, -0.2) is 9.59 Å². The van der Waals surface area contributed by atoms with E-state index in [1.807, 2.05) is 0 Å². The maximum Gasteiger partial charge on any atom is 0.326 e. The monoisotopic (exact) mass is 258 g/mol. The third kappa shape index (κ3) is 4.18. The molecule has 0 radical (unpaired) electrons. The summed E-state index contributed by atoms with van der Waals surface area (Å²) < 4.78 is 5.26. The van der Waals surface area contributed by atoms with Crippen LogP contribution < -0.4 is 5.32 Å². The number of rotatable bonds is 2. The number of urea groups is 1. The van der Waals surface area contributed by atoms with E-state index in [0.29, 0.717) is 26.3 Å². The van der Waals surface area contributed by atoms with Gasteiger partial charge < -0.3 is 20.1 Å². The second-order valence-electron chi connectivity index (χ2n) is 5.54. The molecule has 0 bridgehead atoms. The van der Waals surface area contributed by atoms with Crippen LogP contribution in [0, 0.1) is 5.41 Å². The minimum Gasteiger partial charge on any atom is -0.480 e. The number of nitrogens with one attached hydrogen (secondary N) is 1. The fraction of sp³-hybridized carbons (Fsp3) is 0.833. The highest BCUT2D eigenvalue weighted by atomic mass is 16.5. The molecule has 0 aromatic heterocycles. The van der Waals surface area contributed by atoms with Gasteiger partial charge in [0.15, 0.2) is 0 Å². The van der Waals surface area contributed by atoms with Crippen molar-refractivity contribution < 1.29 is 19.4 Å². The van der Waals surface area contributed by atoms with Crippen LogP contribution >= 0.6 is 0 Å². The van der Waals surface area contributed by atoms with Crippen molar-refractivity contribution in [2.75, 3.05) is 26.3 Å². The van der Waals surface area contributed by atoms with Crippen LogP contribution in [0.4, 0.5) is 4.79 Å². The fourth-order valence-electron chi connectivity index (χ4n) is 1.81. The molecule has 6 nitrogen and oxygen atoms in total. The Kier molecular flexibility index (Phi) is 4.95. The third-order valence-corrected chi connectivity index (χ3v) is 2.89. The molecule has 0 aliphatic carbocycles. The van der Waals surface area contributed by atoms with Crippen molar-refractivity contribution in [3.63, 3.8) is 0 Å². The first-order valence-corrected chi connectivity index (χ1v) is 6.18. The van der Waals surface area contributed by atoms with Gasteiger partial charge in [0, 0.05) is 19.7 Å². The fourth-order valence-corrected chi connectivity index (χ4v) is 1.81. The largest absolute Gasteiger partial charge is 0.480 e. The Bertz CT molecular complexity index is 304. The van der Waals surface area contributed by atoms with Crippen LogP contribution in [0.5, 0.6) is 0 Å². The van der Waals surface area contributed by atoms with Crippen LogP contribution in [0.15, 0.2) is 0 Å². The second-order valence-corrected chi connectivity index (χ2v) is 5.54. The first-order valence-electron chi connectivity index (χ1n) is 6.18. The van der Waals surface area contributed by atoms with Crippen molar-refractivity contribution >= 4 is 12.0 Å². The number of hydrogen-bond acceptors (Lipinski definition) is 3. The lowest BCUT2D eigenvalue weighted by Gasteiger charge is -2.30. The van der Waals surface area contributed by atoms with Gasteiger partial charge in [-0.3, -0.25) is 0 Å². The Morgan fingerprint density at radius 1 is 1.28 bits per heavy atom. The number of carbonyl (C=O) groups excluding carboxylic acids is 1. The van der Waals surface area contributed by atoms with E-state index in [4.69, 9.17) is 9.84 Å². The molecule has 1 saturated heterocycles. The number of carboxylic acid groups (broad SMARTS) is 1. The number of carboxylic acids is 1. The Labute approximate surface area is 107 Å². The summed E-state index contributed by atoms with van der Waals surface area (Å²) >= 11 is 0. The molecule has 0 saturated carbocycles. The standard InChI is InChI=1S/C12H22N2O4/c1-12(2,3)9(10(15)16)13-11(17)14-5-4-7-18-8-6-14/h9H,4-8H2,1-3H3,(H,13,17)(H,15,16). The van der Waals surface area contributed by atoms with E-state index in [2.05, 4.69) is 5.32 Å². The maximum absolute atomic E-state index is 12.0. The SMILES string of the molecule is CC(C)(C)C(NC(=O)N1CCCOCC1)C(=O)O. The van der Waals surface area contributed by atoms with Crippen molar-refractivity contribution in [1.82, 2.24) is 10.2 Å². The molecule has 1 heterocycles. The zero-order chi connectivity index (χ0) is 13.8. The van der Waals surface area contributed by atoms with Crippen LogP contribution in [0.25, 0.3) is 0 Å². The summed E-state index contributed by atoms with van der Waals surface area (Å²) in [5, 5.41) is 11.7. The van der Waals surface area contributed by atoms with Gasteiger partial charge in [0.05, 0.1) is 6.61 Å². The minimum atomic E-state index is -1.01. The highest BCUT2D eigenvalue weighted by molar-refractivity contribution is 5.83. The predicted octanol–water partition coefficient (Wildman–Crippen LogP) is 0.918. The lowest BCUT2D eigenvalue weighted by atomic mass is 9.87. The quantitative estimate of drug-likeness (QED) is 0.772. The Morgan fingerprint density at radius 3 is 2.50 bits per heavy atom. The molecule has 2 N–H and O–H groups in total. The first kappa shape index (κ1) is 14.8. The third-order valence-electron chi connectivity index (χ3n) is 2.89. The lowest BCUT2D eigenvalue weighted by molar-refractivity contribution is -0.142. The molecular formula is C12H22N2O4. The zero-order valence-electron chi connectivity index (χ0n) is 11.2. The van der Waals surface area contributed by atoms with E-state index < -0.39 is 17.4 Å². The van der Waals surface area contributed by atoms with E-state index >= 15 is 0 Å². The van der Waals surface area contributed by atoms with E-state index in [1.165, 1.54) is 0 Å². The van der Waals surface area contributed by atoms with Crippen molar-refractivity contribution in [3.05, 3.63) is 0 Å². The number of aliphatic carboxylic acids is 1. The number of ether oxygens (including phenoxy) is 1. The highest BCUT2D eigenvalue weighted by Gasteiger charge is 2.33. The van der Waals surface area contributed by atoms with Gasteiger partial charge in [0.25, 0.3) is 0 Å². The predicted molar refractivity (Wildman–Crippen MR) is 66.4 cm³/mol. The molecular weight excluding hydrogens is 236 g/mol. The topological polar surface area (TPSA) is 78.9 Å². The maximum atomic E-state index is 12.0. The van der Waals surface area contributed by atoms with Crippen molar-refractivity contribution in [3.8, 4) is 0 Å². The van der Waals surface area contributed by atoms with Crippen molar-refractivity contribution in [1.29, 1.82) is 0 Å². The number of carbonyl (C=O) groups is 2. The normalized spacial score (nSPS) is 18.9. The molecule has 1 aliphatic heterocycles. The molecule has 0 aromatic carbocycles. The summed E-state index contributed by atoms with van der Waals surface area (Å²) in [6, 6.07) is -1.23. The van der Waals surface area contributed by atoms with E-state index in [9.17, 15) is 9.59 Å². The Hall–Kier alpha value is -1.30. The molecule has 1 unspecified atom stereocenters. The summed E-state index contributed by atoms with van der Waals surface area (Å²) in [7, 11) is 0. The van der Waals surface area contributed by atoms with Gasteiger partial charge >= 0.3 is 12.0 Å². The van der Waals surface area contributed by atoms with Crippen LogP contribution in [0.3, 0.4) is 0 Å². The van der Waals surface area contributed by atoms with Crippen molar-refractivity contribution in [2.24, 2.45) is 5.41 Å². The number of amides is 2. The van der Waals surface area contributed by atoms with E-state index in [-0.39, 0.29) is 6.03 Å². The number of nitrogens with zero attached hydrogens (tertiary/aromatic N) is 1. The van der Waals surface area contributed by atoms with Gasteiger partial charge in [-0.05, 0) is 11.8 Å². The van der Waals surface area contributed by atoms with Crippen LogP contribution in [-0.4, -0.2) is 54.4 Å². The summed E-state index contributed by atoms with van der Waals surface area (Å²) in [4.78, 5) is 24.8. The van der Waals surface area contributed by atoms with E-state index in [1.54, 1.807) is 25.7 Å². The molecule has 1 aliphatic rings. The molecule has 104 valence electrons. The lowest BCUT2D eigenvalue weighted by Crippen LogP contribution is -2.53. The molecule has 0 spiro atoms. The Balaban J connectivity index is 2.63. The van der Waals surface area contributed by atoms with Gasteiger partial charge in [-0.15, -0.1) is 0 Å². The first-order chi connectivity index (χ1) is 8.32. The van der Waals surface area contributed by atoms with Gasteiger partial charge in [0.2, 0.25) is 0 Å². The average Bonchev–Trinajstić information content (AvgIpc) is 2.51. The number of hydrogen-bond donors (Lipinski definition) is 2. The summed E-state index contributed by atoms with van der Waals surface area (Å²) in [5.41, 5.74) is -0.524. The van der Waals surface area contributed by atoms with E-state index in [0.717, 1.165) is 6.42 Å². The molecule has 0 aromatic rings. The highest BCUT2D eigenvalue weighted by Crippen LogP contribution is 2.19. The molecule has 18 heavy (non-hydrogen) atoms. The van der Waals surface area contributed by atoms with Crippen LogP contribution in [0.2, 0.25) is 0 Å². The molecule has 1 atom stereocenters. The average molecular weight is 258 g/mol. The van der Waals surface area contributed by atoms with Gasteiger partial charge in [-0.2, -0.15) is 0 Å². The van der Waals surface area contributed by atoms with Gasteiger partial charge in [-0.1, -0.05) is 20.8 Å². The van der Waals surface area contributed by atoms with Crippen molar-refractivity contribution in [2.45, 2.75) is 33.2 Å². The zero-order valence-corrected chi connectivity index (χ0v) is 11.2. The second kappa shape index (κ2) is 6.04. The Morgan fingerprint density at radius 2 is 1.94 bits per heavy atom.